The first-order chi connectivity index (χ1) is 4.00. The van der Waals surface area contributed by atoms with Gasteiger partial charge in [0.1, 0.15) is 0 Å². The molecular weight excluding hydrogens is 212 g/mol. The van der Waals surface area contributed by atoms with Crippen molar-refractivity contribution in [1.29, 1.82) is 0 Å². The number of thiol groups is 1. The largest absolute Gasteiger partial charge is 0.246 e. The first kappa shape index (κ1) is 10.2. The van der Waals surface area contributed by atoms with E-state index in [0.717, 1.165) is 6.42 Å². The van der Waals surface area contributed by atoms with Gasteiger partial charge in [0.2, 0.25) is 0 Å². The lowest BCUT2D eigenvalue weighted by molar-refractivity contribution is 0.689. The monoisotopic (exact) mass is 220 g/mol. The van der Waals surface area contributed by atoms with E-state index in [4.69, 9.17) is 11.2 Å². The molecule has 0 N–H and O–H groups in total. The molecule has 0 rings (SSSR count). The van der Waals surface area contributed by atoms with Gasteiger partial charge in [-0.1, -0.05) is 6.92 Å². The molecule has 0 aromatic carbocycles. The lowest BCUT2D eigenvalue weighted by Gasteiger charge is -1.96. The van der Waals surface area contributed by atoms with Gasteiger partial charge in [-0.25, -0.2) is 4.21 Å². The van der Waals surface area contributed by atoms with Crippen LogP contribution in [0.15, 0.2) is 0 Å². The van der Waals surface area contributed by atoms with Crippen molar-refractivity contribution in [3.63, 3.8) is 0 Å². The van der Waals surface area contributed by atoms with Crippen LogP contribution in [-0.2, 0) is 48.1 Å². The van der Waals surface area contributed by atoms with Gasteiger partial charge in [0, 0.05) is 5.75 Å². The summed E-state index contributed by atoms with van der Waals surface area (Å²) >= 11 is 14.1. The highest BCUT2D eigenvalue weighted by atomic mass is 33.6. The summed E-state index contributed by atoms with van der Waals surface area (Å²) in [5.41, 5.74) is 0. The minimum absolute atomic E-state index is 0.515. The van der Waals surface area contributed by atoms with E-state index in [0.29, 0.717) is 5.75 Å². The van der Waals surface area contributed by atoms with Gasteiger partial charge in [-0.3, -0.25) is 0 Å². The quantitative estimate of drug-likeness (QED) is 0.545. The molecule has 56 valence electrons. The van der Waals surface area contributed by atoms with Crippen molar-refractivity contribution in [2.45, 2.75) is 13.3 Å². The smallest absolute Gasteiger partial charge is 0.0862 e. The van der Waals surface area contributed by atoms with Crippen molar-refractivity contribution >= 4 is 48.1 Å². The molecule has 0 amide bonds. The van der Waals surface area contributed by atoms with Gasteiger partial charge >= 0.3 is 0 Å². The maximum atomic E-state index is 11.1. The van der Waals surface area contributed by atoms with Crippen molar-refractivity contribution in [2.24, 2.45) is 0 Å². The van der Waals surface area contributed by atoms with Crippen LogP contribution < -0.4 is 0 Å². The van der Waals surface area contributed by atoms with Crippen LogP contribution in [-0.4, -0.2) is 9.96 Å². The van der Waals surface area contributed by atoms with Crippen molar-refractivity contribution in [1.82, 2.24) is 0 Å². The molecule has 0 saturated carbocycles. The molecule has 1 nitrogen and oxygen atoms in total. The first-order valence-corrected chi connectivity index (χ1v) is 9.00. The van der Waals surface area contributed by atoms with E-state index in [1.807, 2.05) is 6.92 Å². The Morgan fingerprint density at radius 1 is 1.56 bits per heavy atom. The Labute approximate surface area is 71.1 Å². The summed E-state index contributed by atoms with van der Waals surface area (Å²) in [5.74, 6) is 0.515. The van der Waals surface area contributed by atoms with E-state index in [1.165, 1.54) is 0 Å². The summed E-state index contributed by atoms with van der Waals surface area (Å²) in [6, 6.07) is 0. The molecule has 0 radical (unpaired) electrons. The van der Waals surface area contributed by atoms with Crippen molar-refractivity contribution in [3.05, 3.63) is 0 Å². The Kier molecular flexibility index (Phi) is 4.66. The summed E-state index contributed by atoms with van der Waals surface area (Å²) in [7, 11) is -3.46. The average molecular weight is 220 g/mol. The van der Waals surface area contributed by atoms with E-state index in [9.17, 15) is 4.21 Å². The van der Waals surface area contributed by atoms with Crippen LogP contribution in [0.4, 0.5) is 0 Å². The lowest BCUT2D eigenvalue weighted by atomic mass is 10.6. The van der Waals surface area contributed by atoms with Gasteiger partial charge < -0.3 is 0 Å². The van der Waals surface area contributed by atoms with Crippen molar-refractivity contribution in [3.8, 4) is 0 Å². The molecule has 0 bridgehead atoms. The molecule has 0 aromatic rings. The summed E-state index contributed by atoms with van der Waals surface area (Å²) in [5, 5.41) is 0. The molecule has 0 saturated heterocycles. The van der Waals surface area contributed by atoms with Gasteiger partial charge in [-0.2, -0.15) is 0 Å². The number of rotatable bonds is 3. The number of hydrogen-bond donors (Lipinski definition) is 1. The molecule has 0 fully saturated rings. The maximum Gasteiger partial charge on any atom is 0.0862 e. The lowest BCUT2D eigenvalue weighted by Crippen LogP contribution is -2.02. The third-order valence-corrected chi connectivity index (χ3v) is 11.9. The van der Waals surface area contributed by atoms with E-state index in [-0.39, 0.29) is 0 Å². The second-order valence-corrected chi connectivity index (χ2v) is 13.0. The van der Waals surface area contributed by atoms with Gasteiger partial charge in [-0.05, 0) is 47.0 Å². The molecule has 1 atom stereocenters. The van der Waals surface area contributed by atoms with Gasteiger partial charge in [0.05, 0.1) is 7.52 Å². The fourth-order valence-electron chi connectivity index (χ4n) is 0.332. The van der Waals surface area contributed by atoms with Crippen LogP contribution in [0.2, 0.25) is 0 Å². The topological polar surface area (TPSA) is 17.1 Å². The van der Waals surface area contributed by atoms with Gasteiger partial charge in [-0.15, -0.1) is 0 Å². The predicted molar refractivity (Wildman–Crippen MR) is 54.2 cm³/mol. The molecule has 0 spiro atoms. The SMILES string of the molecule is CCCS(=O)(=S)[SH](=S)=S. The predicted octanol–water partition coefficient (Wildman–Crippen LogP) is 0.332. The highest BCUT2D eigenvalue weighted by Gasteiger charge is 1.99. The zero-order chi connectivity index (χ0) is 7.49. The number of hydrogen-bond acceptors (Lipinski definition) is 4. The standard InChI is InChI=1S/C3H8OS5/c1-2-3-9(4,7)8(5)6/h8H,2-3H2,1H3. The third-order valence-electron chi connectivity index (χ3n) is 0.689. The summed E-state index contributed by atoms with van der Waals surface area (Å²) in [6.45, 7) is 1.93. The first-order valence-electron chi connectivity index (χ1n) is 2.38. The molecule has 0 aliphatic carbocycles. The molecule has 1 unspecified atom stereocenters. The summed E-state index contributed by atoms with van der Waals surface area (Å²) in [6.07, 6.45) is 0.814. The maximum absolute atomic E-state index is 11.1. The molecule has 0 aromatic heterocycles. The zero-order valence-electron chi connectivity index (χ0n) is 4.90. The van der Waals surface area contributed by atoms with Crippen LogP contribution >= 0.6 is 0 Å². The van der Waals surface area contributed by atoms with Crippen LogP contribution in [0.1, 0.15) is 13.3 Å². The van der Waals surface area contributed by atoms with Crippen LogP contribution in [0, 0.1) is 0 Å². The minimum Gasteiger partial charge on any atom is -0.246 e. The highest BCUT2D eigenvalue weighted by Crippen LogP contribution is 1.94. The second-order valence-electron chi connectivity index (χ2n) is 1.51. The second kappa shape index (κ2) is 4.12. The molecule has 0 heterocycles. The van der Waals surface area contributed by atoms with Gasteiger partial charge in [0.15, 0.2) is 0 Å². The Hall–Kier alpha value is 1.16. The van der Waals surface area contributed by atoms with Gasteiger partial charge in [0.25, 0.3) is 0 Å². The van der Waals surface area contributed by atoms with E-state index >= 15 is 0 Å². The Morgan fingerprint density at radius 3 is 2.11 bits per heavy atom. The summed E-state index contributed by atoms with van der Waals surface area (Å²) < 4.78 is 11.1. The summed E-state index contributed by atoms with van der Waals surface area (Å²) in [4.78, 5) is 0. The van der Waals surface area contributed by atoms with Crippen LogP contribution in [0.5, 0.6) is 0 Å². The van der Waals surface area contributed by atoms with E-state index in [2.05, 4.69) is 22.4 Å². The Morgan fingerprint density at radius 2 is 2.00 bits per heavy atom. The molecule has 9 heavy (non-hydrogen) atoms. The van der Waals surface area contributed by atoms with Crippen LogP contribution in [0.25, 0.3) is 0 Å². The molecular formula is C3H8OS5. The Bertz CT molecular complexity index is 225. The average Bonchev–Trinajstić information content (AvgIpc) is 1.65. The fraction of sp³-hybridized carbons (Fsp3) is 1.00. The Balaban J connectivity index is 4.43. The van der Waals surface area contributed by atoms with E-state index in [1.54, 1.807) is 0 Å². The molecule has 0 aliphatic heterocycles. The van der Waals surface area contributed by atoms with Crippen molar-refractivity contribution < 1.29 is 4.21 Å². The fourth-order valence-corrected chi connectivity index (χ4v) is 3.83. The molecule has 0 aliphatic rings. The van der Waals surface area contributed by atoms with Crippen molar-refractivity contribution in [2.75, 3.05) is 5.75 Å². The van der Waals surface area contributed by atoms with Crippen LogP contribution in [0.3, 0.4) is 0 Å². The highest BCUT2D eigenvalue weighted by molar-refractivity contribution is 8.95. The molecule has 6 heteroatoms. The van der Waals surface area contributed by atoms with E-state index < -0.39 is 14.6 Å². The third kappa shape index (κ3) is 3.77. The minimum atomic E-state index is -2.22. The zero-order valence-corrected chi connectivity index (χ0v) is 9.06. The normalized spacial score (nSPS) is 17.6.